The summed E-state index contributed by atoms with van der Waals surface area (Å²) in [6.07, 6.45) is 1.99. The molecule has 0 aliphatic rings. The topological polar surface area (TPSA) is 115 Å². The number of aromatic nitrogens is 1. The molecule has 0 fully saturated rings. The van der Waals surface area contributed by atoms with Crippen LogP contribution in [0.4, 0.5) is 4.79 Å². The molecule has 0 radical (unpaired) electrons. The van der Waals surface area contributed by atoms with E-state index >= 15 is 0 Å². The molecule has 9 heteroatoms. The molecule has 1 heterocycles. The van der Waals surface area contributed by atoms with Crippen LogP contribution < -0.4 is 5.32 Å². The highest BCUT2D eigenvalue weighted by molar-refractivity contribution is 5.86. The number of ether oxygens (including phenoxy) is 1. The third kappa shape index (κ3) is 9.94. The molecule has 2 unspecified atom stereocenters. The number of carbonyl (C=O) groups excluding carboxylic acids is 2. The Morgan fingerprint density at radius 3 is 2.16 bits per heavy atom. The van der Waals surface area contributed by atoms with E-state index in [0.717, 1.165) is 27.6 Å². The van der Waals surface area contributed by atoms with Crippen molar-refractivity contribution < 1.29 is 24.2 Å². The van der Waals surface area contributed by atoms with E-state index in [1.54, 1.807) is 32.7 Å². The van der Waals surface area contributed by atoms with Gasteiger partial charge in [-0.15, -0.1) is 0 Å². The van der Waals surface area contributed by atoms with E-state index in [1.165, 1.54) is 4.90 Å². The Hall–Kier alpha value is -4.63. The second-order valence-corrected chi connectivity index (χ2v) is 12.4. The first-order chi connectivity index (χ1) is 21.5. The summed E-state index contributed by atoms with van der Waals surface area (Å²) in [6, 6.07) is 26.0. The van der Waals surface area contributed by atoms with Crippen LogP contribution in [-0.2, 0) is 33.7 Å². The summed E-state index contributed by atoms with van der Waals surface area (Å²) in [6.45, 7) is 6.17. The first-order valence-corrected chi connectivity index (χ1v) is 15.3. The molecule has 45 heavy (non-hydrogen) atoms. The number of amides is 2. The lowest BCUT2D eigenvalue weighted by Crippen LogP contribution is -2.54. The molecule has 0 aliphatic heterocycles. The number of para-hydroxylation sites is 1. The molecule has 0 spiro atoms. The Kier molecular flexibility index (Phi) is 11.4. The number of carboxylic acid groups (broad SMARTS) is 1. The van der Waals surface area contributed by atoms with Gasteiger partial charge in [-0.2, -0.15) is 0 Å². The summed E-state index contributed by atoms with van der Waals surface area (Å²) in [5.41, 5.74) is 3.10. The van der Waals surface area contributed by atoms with E-state index < -0.39 is 29.7 Å². The Morgan fingerprint density at radius 2 is 1.51 bits per heavy atom. The van der Waals surface area contributed by atoms with Crippen LogP contribution in [0, 0.1) is 0 Å². The molecular formula is C36H44N4O5. The van der Waals surface area contributed by atoms with Crippen molar-refractivity contribution in [3.63, 3.8) is 0 Å². The minimum atomic E-state index is -0.920. The van der Waals surface area contributed by atoms with E-state index in [1.807, 2.05) is 91.1 Å². The summed E-state index contributed by atoms with van der Waals surface area (Å²) < 4.78 is 5.81. The molecule has 2 amide bonds. The first-order valence-electron chi connectivity index (χ1n) is 15.3. The number of aliphatic carboxylic acids is 1. The van der Waals surface area contributed by atoms with Gasteiger partial charge in [0.2, 0.25) is 5.91 Å². The third-order valence-electron chi connectivity index (χ3n) is 7.55. The molecule has 1 aromatic heterocycles. The van der Waals surface area contributed by atoms with Crippen molar-refractivity contribution in [3.8, 4) is 0 Å². The number of carbonyl (C=O) groups is 3. The zero-order valence-electron chi connectivity index (χ0n) is 26.5. The van der Waals surface area contributed by atoms with Crippen LogP contribution in [0.2, 0.25) is 0 Å². The zero-order chi connectivity index (χ0) is 32.4. The van der Waals surface area contributed by atoms with Gasteiger partial charge in [-0.25, -0.2) is 4.79 Å². The Labute approximate surface area is 265 Å². The second kappa shape index (κ2) is 15.4. The average molecular weight is 613 g/mol. The summed E-state index contributed by atoms with van der Waals surface area (Å²) in [7, 11) is 1.74. The van der Waals surface area contributed by atoms with Crippen molar-refractivity contribution in [1.82, 2.24) is 20.1 Å². The minimum Gasteiger partial charge on any atom is -0.481 e. The van der Waals surface area contributed by atoms with Crippen molar-refractivity contribution in [1.29, 1.82) is 0 Å². The number of rotatable bonds is 14. The fourth-order valence-corrected chi connectivity index (χ4v) is 5.44. The smallest absolute Gasteiger partial charge is 0.411 e. The van der Waals surface area contributed by atoms with Gasteiger partial charge in [-0.1, -0.05) is 78.9 Å². The number of benzene rings is 3. The van der Waals surface area contributed by atoms with Crippen LogP contribution >= 0.6 is 0 Å². The van der Waals surface area contributed by atoms with E-state index in [9.17, 15) is 19.5 Å². The largest absolute Gasteiger partial charge is 0.481 e. The number of nitrogens with zero attached hydrogens (tertiary/aromatic N) is 2. The number of aromatic amines is 1. The molecule has 2 atom stereocenters. The van der Waals surface area contributed by atoms with Crippen LogP contribution in [0.25, 0.3) is 10.9 Å². The Balaban J connectivity index is 1.57. The Bertz CT molecular complexity index is 1550. The lowest BCUT2D eigenvalue weighted by atomic mass is 10.0. The highest BCUT2D eigenvalue weighted by Crippen LogP contribution is 2.21. The van der Waals surface area contributed by atoms with Gasteiger partial charge in [0, 0.05) is 56.2 Å². The average Bonchev–Trinajstić information content (AvgIpc) is 3.40. The normalized spacial score (nSPS) is 12.8. The number of carboxylic acids is 1. The fraction of sp³-hybridized carbons (Fsp3) is 0.361. The predicted molar refractivity (Wildman–Crippen MR) is 176 cm³/mol. The number of likely N-dealkylation sites (N-methyl/N-ethyl adjacent to an activating group) is 1. The SMILES string of the molecule is CN(Cc1ccccc1)C(=O)C(Cc1ccccc1)N(CCNC(CC(=O)O)Cc1c[nH]c2ccccc12)C(=O)OC(C)(C)C. The molecule has 3 N–H and O–H groups in total. The molecular weight excluding hydrogens is 568 g/mol. The zero-order valence-corrected chi connectivity index (χ0v) is 26.5. The van der Waals surface area contributed by atoms with Crippen molar-refractivity contribution >= 4 is 28.9 Å². The second-order valence-electron chi connectivity index (χ2n) is 12.4. The van der Waals surface area contributed by atoms with Crippen LogP contribution in [-0.4, -0.2) is 75.7 Å². The van der Waals surface area contributed by atoms with Crippen molar-refractivity contribution in [3.05, 3.63) is 108 Å². The summed E-state index contributed by atoms with van der Waals surface area (Å²) in [5.74, 6) is -1.13. The Morgan fingerprint density at radius 1 is 0.889 bits per heavy atom. The van der Waals surface area contributed by atoms with Crippen molar-refractivity contribution in [2.75, 3.05) is 20.1 Å². The number of hydrogen-bond acceptors (Lipinski definition) is 5. The van der Waals surface area contributed by atoms with Crippen LogP contribution in [0.15, 0.2) is 91.1 Å². The predicted octanol–water partition coefficient (Wildman–Crippen LogP) is 5.65. The van der Waals surface area contributed by atoms with Crippen molar-refractivity contribution in [2.45, 2.75) is 64.3 Å². The number of hydrogen-bond donors (Lipinski definition) is 3. The monoisotopic (exact) mass is 612 g/mol. The van der Waals surface area contributed by atoms with Gasteiger partial charge in [0.15, 0.2) is 0 Å². The lowest BCUT2D eigenvalue weighted by Gasteiger charge is -2.35. The van der Waals surface area contributed by atoms with E-state index in [-0.39, 0.29) is 25.4 Å². The van der Waals surface area contributed by atoms with Gasteiger partial charge in [0.05, 0.1) is 6.42 Å². The highest BCUT2D eigenvalue weighted by Gasteiger charge is 2.35. The van der Waals surface area contributed by atoms with E-state index in [2.05, 4.69) is 10.3 Å². The maximum absolute atomic E-state index is 14.1. The van der Waals surface area contributed by atoms with Crippen LogP contribution in [0.3, 0.4) is 0 Å². The summed E-state index contributed by atoms with van der Waals surface area (Å²) >= 11 is 0. The third-order valence-corrected chi connectivity index (χ3v) is 7.55. The fourth-order valence-electron chi connectivity index (χ4n) is 5.44. The number of H-pyrrole nitrogens is 1. The maximum atomic E-state index is 14.1. The number of fused-ring (bicyclic) bond motifs is 1. The highest BCUT2D eigenvalue weighted by atomic mass is 16.6. The van der Waals surface area contributed by atoms with Gasteiger partial charge >= 0.3 is 12.1 Å². The molecule has 4 rings (SSSR count). The molecule has 9 nitrogen and oxygen atoms in total. The van der Waals surface area contributed by atoms with Crippen LogP contribution in [0.1, 0.15) is 43.9 Å². The molecule has 0 bridgehead atoms. The minimum absolute atomic E-state index is 0.0991. The molecule has 0 aliphatic carbocycles. The molecule has 0 saturated heterocycles. The number of nitrogens with one attached hydrogen (secondary N) is 2. The van der Waals surface area contributed by atoms with Crippen molar-refractivity contribution in [2.24, 2.45) is 0 Å². The van der Waals surface area contributed by atoms with Gasteiger partial charge < -0.3 is 25.0 Å². The van der Waals surface area contributed by atoms with Crippen LogP contribution in [0.5, 0.6) is 0 Å². The summed E-state index contributed by atoms with van der Waals surface area (Å²) in [4.78, 5) is 46.0. The summed E-state index contributed by atoms with van der Waals surface area (Å²) in [5, 5.41) is 14.1. The van der Waals surface area contributed by atoms with Gasteiger partial charge in [0.25, 0.3) is 0 Å². The molecule has 3 aromatic carbocycles. The quantitative estimate of drug-likeness (QED) is 0.170. The molecule has 4 aromatic rings. The van der Waals surface area contributed by atoms with Gasteiger partial charge in [0.1, 0.15) is 11.6 Å². The first kappa shape index (κ1) is 33.3. The van der Waals surface area contributed by atoms with E-state index in [0.29, 0.717) is 19.4 Å². The van der Waals surface area contributed by atoms with Gasteiger partial charge in [-0.05, 0) is 49.9 Å². The molecule has 238 valence electrons. The maximum Gasteiger partial charge on any atom is 0.411 e. The standard InChI is InChI=1S/C36H44N4O5/c1-36(2,3)45-35(44)40(20-19-37-29(23-33(41)42)22-28-24-38-31-18-12-11-17-30(28)31)32(21-26-13-7-5-8-14-26)34(43)39(4)25-27-15-9-6-10-16-27/h5-18,24,29,32,37-38H,19-23,25H2,1-4H3,(H,41,42). The van der Waals surface area contributed by atoms with Gasteiger partial charge in [-0.3, -0.25) is 14.5 Å². The van der Waals surface area contributed by atoms with E-state index in [4.69, 9.17) is 4.74 Å². The lowest BCUT2D eigenvalue weighted by molar-refractivity contribution is -0.137. The molecule has 0 saturated carbocycles.